The highest BCUT2D eigenvalue weighted by Gasteiger charge is 2.03. The van der Waals surface area contributed by atoms with Gasteiger partial charge in [-0.3, -0.25) is 0 Å². The molecule has 0 aliphatic heterocycles. The van der Waals surface area contributed by atoms with E-state index in [0.717, 1.165) is 15.0 Å². The fourth-order valence-electron chi connectivity index (χ4n) is 1.26. The van der Waals surface area contributed by atoms with E-state index in [1.165, 1.54) is 12.1 Å². The van der Waals surface area contributed by atoms with Gasteiger partial charge in [-0.05, 0) is 68.9 Å². The lowest BCUT2D eigenvalue weighted by Crippen LogP contribution is -2.00. The van der Waals surface area contributed by atoms with Gasteiger partial charge in [0.2, 0.25) is 0 Å². The van der Waals surface area contributed by atoms with Crippen molar-refractivity contribution in [3.05, 3.63) is 50.1 Å². The van der Waals surface area contributed by atoms with Gasteiger partial charge < -0.3 is 9.73 Å². The van der Waals surface area contributed by atoms with Crippen molar-refractivity contribution < 1.29 is 8.81 Å². The standard InChI is InChI=1S/C11H8BrFINO/c12-11-4-2-8(16-11)6-15-10-3-1-7(13)5-9(10)14/h1-5,15H,6H2. The summed E-state index contributed by atoms with van der Waals surface area (Å²) in [6.07, 6.45) is 0. The first-order valence-corrected chi connectivity index (χ1v) is 6.45. The smallest absolute Gasteiger partial charge is 0.169 e. The molecule has 16 heavy (non-hydrogen) atoms. The Hall–Kier alpha value is -0.560. The lowest BCUT2D eigenvalue weighted by Gasteiger charge is -2.06. The number of benzene rings is 1. The van der Waals surface area contributed by atoms with Crippen LogP contribution in [0.5, 0.6) is 0 Å². The Morgan fingerprint density at radius 3 is 2.75 bits per heavy atom. The zero-order valence-electron chi connectivity index (χ0n) is 8.14. The van der Waals surface area contributed by atoms with Crippen LogP contribution < -0.4 is 5.32 Å². The highest BCUT2D eigenvalue weighted by Crippen LogP contribution is 2.21. The molecule has 0 saturated heterocycles. The van der Waals surface area contributed by atoms with E-state index < -0.39 is 0 Å². The van der Waals surface area contributed by atoms with E-state index in [4.69, 9.17) is 4.42 Å². The Labute approximate surface area is 114 Å². The maximum Gasteiger partial charge on any atom is 0.169 e. The van der Waals surface area contributed by atoms with Gasteiger partial charge in [0.15, 0.2) is 4.67 Å². The molecule has 0 bridgehead atoms. The summed E-state index contributed by atoms with van der Waals surface area (Å²) in [5, 5.41) is 3.18. The molecule has 0 saturated carbocycles. The zero-order valence-corrected chi connectivity index (χ0v) is 11.9. The second-order valence-corrected chi connectivity index (χ2v) is 5.13. The Balaban J connectivity index is 2.04. The molecule has 0 radical (unpaired) electrons. The first kappa shape index (κ1) is 11.9. The highest BCUT2D eigenvalue weighted by molar-refractivity contribution is 14.1. The Morgan fingerprint density at radius 2 is 2.12 bits per heavy atom. The molecular formula is C11H8BrFINO. The average Bonchev–Trinajstić information content (AvgIpc) is 2.63. The molecular weight excluding hydrogens is 388 g/mol. The number of halogens is 3. The van der Waals surface area contributed by atoms with Gasteiger partial charge in [-0.2, -0.15) is 0 Å². The van der Waals surface area contributed by atoms with Gasteiger partial charge in [0.1, 0.15) is 11.6 Å². The molecule has 0 fully saturated rings. The van der Waals surface area contributed by atoms with Crippen molar-refractivity contribution in [1.29, 1.82) is 0 Å². The summed E-state index contributed by atoms with van der Waals surface area (Å²) in [6, 6.07) is 8.36. The van der Waals surface area contributed by atoms with Crippen molar-refractivity contribution in [3.8, 4) is 0 Å². The number of anilines is 1. The lowest BCUT2D eigenvalue weighted by molar-refractivity contribution is 0.495. The summed E-state index contributed by atoms with van der Waals surface area (Å²) in [7, 11) is 0. The third-order valence-corrected chi connectivity index (χ3v) is 3.33. The molecule has 1 aromatic heterocycles. The van der Waals surface area contributed by atoms with Crippen LogP contribution in [0.2, 0.25) is 0 Å². The van der Waals surface area contributed by atoms with Gasteiger partial charge in [-0.15, -0.1) is 0 Å². The second-order valence-electron chi connectivity index (χ2n) is 3.18. The number of hydrogen-bond acceptors (Lipinski definition) is 2. The van der Waals surface area contributed by atoms with Gasteiger partial charge >= 0.3 is 0 Å². The second kappa shape index (κ2) is 5.18. The molecule has 2 rings (SSSR count). The van der Waals surface area contributed by atoms with Gasteiger partial charge in [0.25, 0.3) is 0 Å². The molecule has 2 nitrogen and oxygen atoms in total. The number of furan rings is 1. The minimum absolute atomic E-state index is 0.226. The average molecular weight is 396 g/mol. The molecule has 0 unspecified atom stereocenters. The maximum absolute atomic E-state index is 12.9. The van der Waals surface area contributed by atoms with Gasteiger partial charge in [-0.25, -0.2) is 4.39 Å². The van der Waals surface area contributed by atoms with E-state index in [0.29, 0.717) is 11.2 Å². The summed E-state index contributed by atoms with van der Waals surface area (Å²) in [4.78, 5) is 0. The Kier molecular flexibility index (Phi) is 3.86. The van der Waals surface area contributed by atoms with Crippen LogP contribution in [-0.4, -0.2) is 0 Å². The van der Waals surface area contributed by atoms with Crippen LogP contribution in [0.4, 0.5) is 10.1 Å². The minimum Gasteiger partial charge on any atom is -0.452 e. The molecule has 5 heteroatoms. The van der Waals surface area contributed by atoms with E-state index >= 15 is 0 Å². The van der Waals surface area contributed by atoms with Crippen molar-refractivity contribution in [2.24, 2.45) is 0 Å². The lowest BCUT2D eigenvalue weighted by atomic mass is 10.3. The van der Waals surface area contributed by atoms with Gasteiger partial charge in [0, 0.05) is 9.26 Å². The molecule has 0 amide bonds. The molecule has 1 heterocycles. The third-order valence-electron chi connectivity index (χ3n) is 2.01. The van der Waals surface area contributed by atoms with Crippen LogP contribution in [0.25, 0.3) is 0 Å². The molecule has 1 aromatic carbocycles. The Bertz CT molecular complexity index is 500. The van der Waals surface area contributed by atoms with Crippen LogP contribution in [-0.2, 0) is 6.54 Å². The molecule has 2 aromatic rings. The largest absolute Gasteiger partial charge is 0.452 e. The highest BCUT2D eigenvalue weighted by atomic mass is 127. The van der Waals surface area contributed by atoms with Gasteiger partial charge in [-0.1, -0.05) is 0 Å². The summed E-state index contributed by atoms with van der Waals surface area (Å²) in [5.41, 5.74) is 0.898. The molecule has 84 valence electrons. The number of rotatable bonds is 3. The van der Waals surface area contributed by atoms with Crippen LogP contribution in [0.15, 0.2) is 39.4 Å². The normalized spacial score (nSPS) is 10.4. The van der Waals surface area contributed by atoms with E-state index in [1.54, 1.807) is 6.07 Å². The van der Waals surface area contributed by atoms with E-state index in [-0.39, 0.29) is 5.82 Å². The first-order valence-electron chi connectivity index (χ1n) is 4.58. The van der Waals surface area contributed by atoms with E-state index in [9.17, 15) is 4.39 Å². The molecule has 0 spiro atoms. The number of nitrogens with one attached hydrogen (secondary N) is 1. The van der Waals surface area contributed by atoms with Crippen LogP contribution in [0.1, 0.15) is 5.76 Å². The fraction of sp³-hybridized carbons (Fsp3) is 0.0909. The summed E-state index contributed by atoms with van der Waals surface area (Å²) in [6.45, 7) is 0.577. The van der Waals surface area contributed by atoms with Crippen molar-refractivity contribution in [2.75, 3.05) is 5.32 Å². The third kappa shape index (κ3) is 2.98. The SMILES string of the molecule is Fc1ccc(NCc2ccc(Br)o2)c(I)c1. The zero-order chi connectivity index (χ0) is 11.5. The molecule has 0 aliphatic carbocycles. The minimum atomic E-state index is -0.226. The molecule has 0 aliphatic rings. The predicted octanol–water partition coefficient (Wildman–Crippen LogP) is 4.40. The van der Waals surface area contributed by atoms with Crippen molar-refractivity contribution in [3.63, 3.8) is 0 Å². The Morgan fingerprint density at radius 1 is 1.31 bits per heavy atom. The van der Waals surface area contributed by atoms with Crippen LogP contribution >= 0.6 is 38.5 Å². The topological polar surface area (TPSA) is 25.2 Å². The fourth-order valence-corrected chi connectivity index (χ4v) is 2.27. The summed E-state index contributed by atoms with van der Waals surface area (Å²) in [5.74, 6) is 0.600. The van der Waals surface area contributed by atoms with E-state index in [2.05, 4.69) is 43.8 Å². The predicted molar refractivity (Wildman–Crippen MR) is 72.9 cm³/mol. The van der Waals surface area contributed by atoms with Crippen LogP contribution in [0, 0.1) is 9.39 Å². The van der Waals surface area contributed by atoms with E-state index in [1.807, 2.05) is 12.1 Å². The van der Waals surface area contributed by atoms with Crippen molar-refractivity contribution in [2.45, 2.75) is 6.54 Å². The number of hydrogen-bond donors (Lipinski definition) is 1. The van der Waals surface area contributed by atoms with Crippen molar-refractivity contribution >= 4 is 44.2 Å². The van der Waals surface area contributed by atoms with Gasteiger partial charge in [0.05, 0.1) is 6.54 Å². The molecule has 0 atom stereocenters. The maximum atomic E-state index is 12.9. The van der Waals surface area contributed by atoms with Crippen LogP contribution in [0.3, 0.4) is 0 Å². The molecule has 1 N–H and O–H groups in total. The summed E-state index contributed by atoms with van der Waals surface area (Å²) >= 11 is 5.33. The van der Waals surface area contributed by atoms with Crippen molar-refractivity contribution in [1.82, 2.24) is 0 Å². The summed E-state index contributed by atoms with van der Waals surface area (Å²) < 4.78 is 19.8. The monoisotopic (exact) mass is 395 g/mol. The first-order chi connectivity index (χ1) is 7.65. The quantitative estimate of drug-likeness (QED) is 0.779.